The molecule has 152 valence electrons. The molecule has 0 saturated carbocycles. The van der Waals surface area contributed by atoms with Crippen molar-refractivity contribution in [2.45, 2.75) is 6.92 Å². The monoisotopic (exact) mass is 422 g/mol. The van der Waals surface area contributed by atoms with Gasteiger partial charge in [-0.25, -0.2) is 9.36 Å². The molecule has 4 rings (SSSR count). The molecule has 30 heavy (non-hydrogen) atoms. The molecule has 2 heterocycles. The van der Waals surface area contributed by atoms with E-state index in [0.29, 0.717) is 22.1 Å². The van der Waals surface area contributed by atoms with Crippen molar-refractivity contribution in [3.05, 3.63) is 96.4 Å². The van der Waals surface area contributed by atoms with Crippen LogP contribution in [0.2, 0.25) is 5.02 Å². The summed E-state index contributed by atoms with van der Waals surface area (Å²) in [5.74, 6) is 0. The zero-order chi connectivity index (χ0) is 21.6. The smallest absolute Gasteiger partial charge is 0.336 e. The van der Waals surface area contributed by atoms with Crippen molar-refractivity contribution in [1.82, 2.24) is 13.7 Å². The van der Waals surface area contributed by atoms with E-state index in [1.807, 2.05) is 19.1 Å². The average molecular weight is 423 g/mol. The summed E-state index contributed by atoms with van der Waals surface area (Å²) in [4.78, 5) is 38.8. The van der Waals surface area contributed by atoms with Gasteiger partial charge in [-0.05, 0) is 43.3 Å². The Kier molecular flexibility index (Phi) is 4.83. The van der Waals surface area contributed by atoms with E-state index in [1.165, 1.54) is 22.2 Å². The minimum atomic E-state index is -0.532. The van der Waals surface area contributed by atoms with Crippen LogP contribution < -0.4 is 22.1 Å². The van der Waals surface area contributed by atoms with Gasteiger partial charge in [-0.2, -0.15) is 0 Å². The van der Waals surface area contributed by atoms with Gasteiger partial charge in [0.15, 0.2) is 0 Å². The Labute approximate surface area is 176 Å². The maximum Gasteiger partial charge on any atom is 0.336 e. The molecule has 0 bridgehead atoms. The van der Waals surface area contributed by atoms with Crippen LogP contribution in [-0.4, -0.2) is 13.7 Å². The van der Waals surface area contributed by atoms with Crippen molar-refractivity contribution < 1.29 is 0 Å². The number of anilines is 2. The van der Waals surface area contributed by atoms with Gasteiger partial charge in [0.05, 0.1) is 11.4 Å². The predicted octanol–water partition coefficient (Wildman–Crippen LogP) is 3.09. The number of aromatic nitrogens is 3. The molecule has 0 aliphatic carbocycles. The fourth-order valence-electron chi connectivity index (χ4n) is 3.37. The van der Waals surface area contributed by atoms with Gasteiger partial charge in [0.25, 0.3) is 11.1 Å². The molecule has 0 amide bonds. The van der Waals surface area contributed by atoms with Crippen molar-refractivity contribution >= 4 is 34.0 Å². The SMILES string of the molecule is Cc1ccc(-n2c(=O)n(C)c(=O)c3c(Nc4ccc(Cl)cc4)cc(=O)n(C)c32)cc1. The second-order valence-corrected chi connectivity index (χ2v) is 7.54. The fraction of sp³-hybridized carbons (Fsp3) is 0.136. The lowest BCUT2D eigenvalue weighted by atomic mass is 10.2. The topological polar surface area (TPSA) is 78.0 Å². The molecule has 0 fully saturated rings. The Bertz CT molecular complexity index is 1450. The van der Waals surface area contributed by atoms with Crippen LogP contribution in [0.3, 0.4) is 0 Å². The number of hydrogen-bond acceptors (Lipinski definition) is 4. The average Bonchev–Trinajstić information content (AvgIpc) is 2.72. The third-order valence-corrected chi connectivity index (χ3v) is 5.28. The normalized spacial score (nSPS) is 11.1. The van der Waals surface area contributed by atoms with Crippen LogP contribution in [0.5, 0.6) is 0 Å². The molecule has 0 saturated heterocycles. The highest BCUT2D eigenvalue weighted by Gasteiger charge is 2.19. The van der Waals surface area contributed by atoms with Gasteiger partial charge < -0.3 is 5.32 Å². The first kappa shape index (κ1) is 19.7. The molecule has 0 aliphatic rings. The number of aryl methyl sites for hydroxylation is 2. The van der Waals surface area contributed by atoms with Gasteiger partial charge >= 0.3 is 5.69 Å². The van der Waals surface area contributed by atoms with Crippen molar-refractivity contribution in [3.63, 3.8) is 0 Å². The van der Waals surface area contributed by atoms with Gasteiger partial charge in [0, 0.05) is 30.9 Å². The Morgan fingerprint density at radius 1 is 0.867 bits per heavy atom. The summed E-state index contributed by atoms with van der Waals surface area (Å²) in [7, 11) is 2.96. The van der Waals surface area contributed by atoms with Gasteiger partial charge in [-0.15, -0.1) is 0 Å². The van der Waals surface area contributed by atoms with E-state index in [-0.39, 0.29) is 16.6 Å². The second kappa shape index (κ2) is 7.35. The van der Waals surface area contributed by atoms with E-state index < -0.39 is 11.2 Å². The molecule has 1 N–H and O–H groups in total. The highest BCUT2D eigenvalue weighted by Crippen LogP contribution is 2.24. The third kappa shape index (κ3) is 3.23. The van der Waals surface area contributed by atoms with Crippen LogP contribution >= 0.6 is 11.6 Å². The first-order valence-corrected chi connectivity index (χ1v) is 9.61. The Balaban J connectivity index is 2.11. The molecule has 0 atom stereocenters. The number of halogens is 1. The lowest BCUT2D eigenvalue weighted by Crippen LogP contribution is -2.40. The summed E-state index contributed by atoms with van der Waals surface area (Å²) in [5.41, 5.74) is 1.40. The number of fused-ring (bicyclic) bond motifs is 1. The molecular formula is C22H19ClN4O3. The summed E-state index contributed by atoms with van der Waals surface area (Å²) < 4.78 is 3.73. The first-order chi connectivity index (χ1) is 14.3. The zero-order valence-electron chi connectivity index (χ0n) is 16.6. The minimum absolute atomic E-state index is 0.218. The molecule has 2 aromatic heterocycles. The third-order valence-electron chi connectivity index (χ3n) is 5.03. The first-order valence-electron chi connectivity index (χ1n) is 9.23. The number of hydrogen-bond donors (Lipinski definition) is 1. The maximum absolute atomic E-state index is 13.1. The zero-order valence-corrected chi connectivity index (χ0v) is 17.4. The Morgan fingerprint density at radius 2 is 1.50 bits per heavy atom. The van der Waals surface area contributed by atoms with E-state index in [9.17, 15) is 14.4 Å². The number of rotatable bonds is 3. The summed E-state index contributed by atoms with van der Waals surface area (Å²) in [6, 6.07) is 15.5. The standard InChI is InChI=1S/C22H19ClN4O3/c1-13-4-10-16(11-5-13)27-20-19(21(29)26(3)22(27)30)17(12-18(28)25(20)2)24-15-8-6-14(23)7-9-15/h4-12,24H,1-3H3. The maximum atomic E-state index is 13.1. The minimum Gasteiger partial charge on any atom is -0.355 e. The van der Waals surface area contributed by atoms with Gasteiger partial charge in [0.1, 0.15) is 11.0 Å². The van der Waals surface area contributed by atoms with Gasteiger partial charge in [0.2, 0.25) is 0 Å². The van der Waals surface area contributed by atoms with E-state index in [1.54, 1.807) is 43.4 Å². The summed E-state index contributed by atoms with van der Waals surface area (Å²) in [6.07, 6.45) is 0. The summed E-state index contributed by atoms with van der Waals surface area (Å²) >= 11 is 5.95. The molecule has 7 nitrogen and oxygen atoms in total. The number of pyridine rings is 1. The Hall–Kier alpha value is -3.58. The highest BCUT2D eigenvalue weighted by molar-refractivity contribution is 6.30. The molecular weight excluding hydrogens is 404 g/mol. The van der Waals surface area contributed by atoms with Gasteiger partial charge in [-0.3, -0.25) is 18.7 Å². The van der Waals surface area contributed by atoms with Crippen LogP contribution in [0.4, 0.5) is 11.4 Å². The van der Waals surface area contributed by atoms with Crippen molar-refractivity contribution in [2.75, 3.05) is 5.32 Å². The molecule has 2 aromatic carbocycles. The van der Waals surface area contributed by atoms with E-state index in [2.05, 4.69) is 5.32 Å². The summed E-state index contributed by atoms with van der Waals surface area (Å²) in [6.45, 7) is 1.94. The molecule has 0 aliphatic heterocycles. The largest absolute Gasteiger partial charge is 0.355 e. The van der Waals surface area contributed by atoms with Crippen LogP contribution in [-0.2, 0) is 14.1 Å². The van der Waals surface area contributed by atoms with Crippen LogP contribution in [0.25, 0.3) is 16.7 Å². The van der Waals surface area contributed by atoms with E-state index in [0.717, 1.165) is 10.1 Å². The molecule has 0 unspecified atom stereocenters. The number of benzene rings is 2. The van der Waals surface area contributed by atoms with Crippen LogP contribution in [0.15, 0.2) is 69.0 Å². The highest BCUT2D eigenvalue weighted by atomic mass is 35.5. The van der Waals surface area contributed by atoms with Crippen molar-refractivity contribution in [2.24, 2.45) is 14.1 Å². The Morgan fingerprint density at radius 3 is 2.13 bits per heavy atom. The van der Waals surface area contributed by atoms with E-state index >= 15 is 0 Å². The quantitative estimate of drug-likeness (QED) is 0.550. The molecule has 8 heteroatoms. The molecule has 4 aromatic rings. The van der Waals surface area contributed by atoms with Gasteiger partial charge in [-0.1, -0.05) is 29.3 Å². The number of nitrogens with zero attached hydrogens (tertiary/aromatic N) is 3. The predicted molar refractivity (Wildman–Crippen MR) is 119 cm³/mol. The molecule has 0 radical (unpaired) electrons. The van der Waals surface area contributed by atoms with E-state index in [4.69, 9.17) is 11.6 Å². The summed E-state index contributed by atoms with van der Waals surface area (Å²) in [5, 5.41) is 3.92. The lowest BCUT2D eigenvalue weighted by molar-refractivity contribution is 0.729. The lowest BCUT2D eigenvalue weighted by Gasteiger charge is -2.17. The van der Waals surface area contributed by atoms with Crippen LogP contribution in [0, 0.1) is 6.92 Å². The van der Waals surface area contributed by atoms with Crippen LogP contribution in [0.1, 0.15) is 5.56 Å². The second-order valence-electron chi connectivity index (χ2n) is 7.10. The van der Waals surface area contributed by atoms with Crippen molar-refractivity contribution in [1.29, 1.82) is 0 Å². The molecule has 0 spiro atoms. The van der Waals surface area contributed by atoms with Crippen molar-refractivity contribution in [3.8, 4) is 5.69 Å². The number of nitrogens with one attached hydrogen (secondary N) is 1. The fourth-order valence-corrected chi connectivity index (χ4v) is 3.49.